The van der Waals surface area contributed by atoms with E-state index in [1.54, 1.807) is 0 Å². The molecule has 1 amide bonds. The molecule has 0 aliphatic carbocycles. The fourth-order valence-corrected chi connectivity index (χ4v) is 1.30. The predicted molar refractivity (Wildman–Crippen MR) is 60.9 cm³/mol. The van der Waals surface area contributed by atoms with Gasteiger partial charge in [0.2, 0.25) is 5.28 Å². The maximum atomic E-state index is 11.7. The molecule has 0 unspecified atom stereocenters. The van der Waals surface area contributed by atoms with E-state index in [9.17, 15) is 9.90 Å². The summed E-state index contributed by atoms with van der Waals surface area (Å²) in [6, 6.07) is 4.37. The highest BCUT2D eigenvalue weighted by atomic mass is 35.5. The maximum Gasteiger partial charge on any atom is 0.279 e. The van der Waals surface area contributed by atoms with Gasteiger partial charge in [0.1, 0.15) is 11.6 Å². The Bertz CT molecular complexity index is 562. The number of halogens is 1. The maximum absolute atomic E-state index is 11.7. The summed E-state index contributed by atoms with van der Waals surface area (Å²) in [4.78, 5) is 22.9. The van der Waals surface area contributed by atoms with Gasteiger partial charge >= 0.3 is 0 Å². The average Bonchev–Trinajstić information content (AvgIpc) is 2.29. The van der Waals surface area contributed by atoms with Crippen molar-refractivity contribution in [3.05, 3.63) is 41.6 Å². The van der Waals surface area contributed by atoms with Crippen LogP contribution >= 0.6 is 11.6 Å². The molecule has 0 atom stereocenters. The number of aromatic hydroxyl groups is 1. The second-order valence-corrected chi connectivity index (χ2v) is 3.37. The summed E-state index contributed by atoms with van der Waals surface area (Å²) in [6.45, 7) is 0. The quantitative estimate of drug-likeness (QED) is 0.789. The highest BCUT2D eigenvalue weighted by Gasteiger charge is 2.12. The molecule has 0 radical (unpaired) electrons. The lowest BCUT2D eigenvalue weighted by molar-refractivity contribution is 0.101. The molecule has 0 fully saturated rings. The van der Waals surface area contributed by atoms with Gasteiger partial charge in [-0.3, -0.25) is 4.79 Å². The molecule has 0 saturated heterocycles. The van der Waals surface area contributed by atoms with Crippen LogP contribution in [-0.2, 0) is 0 Å². The Hall–Kier alpha value is -2.21. The third-order valence-corrected chi connectivity index (χ3v) is 2.05. The van der Waals surface area contributed by atoms with Crippen molar-refractivity contribution < 1.29 is 9.90 Å². The monoisotopic (exact) mass is 250 g/mol. The van der Waals surface area contributed by atoms with Gasteiger partial charge in [-0.1, -0.05) is 0 Å². The first-order valence-corrected chi connectivity index (χ1v) is 4.98. The van der Waals surface area contributed by atoms with E-state index in [4.69, 9.17) is 11.6 Å². The Kier molecular flexibility index (Phi) is 3.15. The van der Waals surface area contributed by atoms with Gasteiger partial charge in [0.25, 0.3) is 5.91 Å². The Balaban J connectivity index is 2.20. The summed E-state index contributed by atoms with van der Waals surface area (Å²) in [7, 11) is 0. The molecule has 17 heavy (non-hydrogen) atoms. The summed E-state index contributed by atoms with van der Waals surface area (Å²) in [5.41, 5.74) is -0.0813. The standard InChI is InChI=1S/C10H7ClN4O2/c11-10-13-5-3-7(15-10)14-9(17)8-6(16)2-1-4-12-8/h1-5,16H,(H,13,14,15,17). The molecule has 7 heteroatoms. The minimum atomic E-state index is -0.571. The van der Waals surface area contributed by atoms with Crippen LogP contribution in [0.25, 0.3) is 0 Å². The zero-order chi connectivity index (χ0) is 12.3. The van der Waals surface area contributed by atoms with Crippen molar-refractivity contribution in [1.82, 2.24) is 15.0 Å². The Morgan fingerprint density at radius 2 is 2.12 bits per heavy atom. The number of pyridine rings is 1. The largest absolute Gasteiger partial charge is 0.505 e. The molecule has 2 aromatic rings. The molecule has 0 bridgehead atoms. The van der Waals surface area contributed by atoms with E-state index in [1.165, 1.54) is 30.6 Å². The summed E-state index contributed by atoms with van der Waals surface area (Å²) < 4.78 is 0. The second kappa shape index (κ2) is 4.75. The fourth-order valence-electron chi connectivity index (χ4n) is 1.15. The van der Waals surface area contributed by atoms with E-state index in [0.29, 0.717) is 0 Å². The molecule has 86 valence electrons. The molecule has 0 aromatic carbocycles. The van der Waals surface area contributed by atoms with Crippen molar-refractivity contribution in [2.75, 3.05) is 5.32 Å². The Morgan fingerprint density at radius 1 is 1.29 bits per heavy atom. The van der Waals surface area contributed by atoms with Crippen LogP contribution in [0, 0.1) is 0 Å². The SMILES string of the molecule is O=C(Nc1ccnc(Cl)n1)c1ncccc1O. The molecule has 2 aromatic heterocycles. The summed E-state index contributed by atoms with van der Waals surface area (Å²) >= 11 is 5.57. The number of hydrogen-bond donors (Lipinski definition) is 2. The van der Waals surface area contributed by atoms with Crippen LogP contribution in [0.5, 0.6) is 5.75 Å². The fraction of sp³-hybridized carbons (Fsp3) is 0. The Labute approximate surface area is 101 Å². The molecule has 0 spiro atoms. The van der Waals surface area contributed by atoms with Crippen molar-refractivity contribution in [3.63, 3.8) is 0 Å². The van der Waals surface area contributed by atoms with Gasteiger partial charge in [0, 0.05) is 12.4 Å². The number of carbonyl (C=O) groups is 1. The van der Waals surface area contributed by atoms with E-state index in [2.05, 4.69) is 20.3 Å². The van der Waals surface area contributed by atoms with Gasteiger partial charge in [-0.15, -0.1) is 0 Å². The van der Waals surface area contributed by atoms with E-state index >= 15 is 0 Å². The van der Waals surface area contributed by atoms with Gasteiger partial charge in [0.05, 0.1) is 0 Å². The number of anilines is 1. The number of hydrogen-bond acceptors (Lipinski definition) is 5. The molecular formula is C10H7ClN4O2. The normalized spacial score (nSPS) is 9.94. The van der Waals surface area contributed by atoms with Crippen LogP contribution in [0.15, 0.2) is 30.6 Å². The van der Waals surface area contributed by atoms with Gasteiger partial charge in [-0.2, -0.15) is 0 Å². The highest BCUT2D eigenvalue weighted by molar-refractivity contribution is 6.28. The number of aromatic nitrogens is 3. The lowest BCUT2D eigenvalue weighted by atomic mass is 10.3. The van der Waals surface area contributed by atoms with Crippen molar-refractivity contribution in [3.8, 4) is 5.75 Å². The number of carbonyl (C=O) groups excluding carboxylic acids is 1. The van der Waals surface area contributed by atoms with E-state index in [1.807, 2.05) is 0 Å². The predicted octanol–water partition coefficient (Wildman–Crippen LogP) is 1.48. The first kappa shape index (κ1) is 11.3. The molecule has 2 N–H and O–H groups in total. The molecule has 0 saturated carbocycles. The summed E-state index contributed by atoms with van der Waals surface area (Å²) in [6.07, 6.45) is 2.81. The van der Waals surface area contributed by atoms with Crippen molar-refractivity contribution in [2.24, 2.45) is 0 Å². The third kappa shape index (κ3) is 2.67. The molecule has 0 aliphatic heterocycles. The molecule has 6 nitrogen and oxygen atoms in total. The van der Waals surface area contributed by atoms with E-state index in [0.717, 1.165) is 0 Å². The van der Waals surface area contributed by atoms with Crippen molar-refractivity contribution in [2.45, 2.75) is 0 Å². The second-order valence-electron chi connectivity index (χ2n) is 3.04. The van der Waals surface area contributed by atoms with Crippen LogP contribution in [0.2, 0.25) is 5.28 Å². The summed E-state index contributed by atoms with van der Waals surface area (Å²) in [5.74, 6) is -0.539. The summed E-state index contributed by atoms with van der Waals surface area (Å²) in [5, 5.41) is 11.9. The van der Waals surface area contributed by atoms with E-state index < -0.39 is 5.91 Å². The van der Waals surface area contributed by atoms with Gasteiger partial charge < -0.3 is 10.4 Å². The van der Waals surface area contributed by atoms with Crippen molar-refractivity contribution in [1.29, 1.82) is 0 Å². The number of amides is 1. The Morgan fingerprint density at radius 3 is 2.82 bits per heavy atom. The highest BCUT2D eigenvalue weighted by Crippen LogP contribution is 2.14. The first-order chi connectivity index (χ1) is 8.16. The van der Waals surface area contributed by atoms with Gasteiger partial charge in [-0.25, -0.2) is 15.0 Å². The average molecular weight is 251 g/mol. The first-order valence-electron chi connectivity index (χ1n) is 4.60. The third-order valence-electron chi connectivity index (χ3n) is 1.87. The van der Waals surface area contributed by atoms with Crippen LogP contribution in [0.4, 0.5) is 5.82 Å². The zero-order valence-electron chi connectivity index (χ0n) is 8.46. The molecule has 2 heterocycles. The van der Waals surface area contributed by atoms with Crippen LogP contribution in [0.3, 0.4) is 0 Å². The molecule has 2 rings (SSSR count). The molecular weight excluding hydrogens is 244 g/mol. The smallest absolute Gasteiger partial charge is 0.279 e. The lowest BCUT2D eigenvalue weighted by Crippen LogP contribution is -2.14. The topological polar surface area (TPSA) is 88.0 Å². The van der Waals surface area contributed by atoms with Crippen molar-refractivity contribution >= 4 is 23.3 Å². The number of nitrogens with one attached hydrogen (secondary N) is 1. The van der Waals surface area contributed by atoms with Gasteiger partial charge in [-0.05, 0) is 29.8 Å². The molecule has 0 aliphatic rings. The van der Waals surface area contributed by atoms with Crippen LogP contribution < -0.4 is 5.32 Å². The van der Waals surface area contributed by atoms with Crippen LogP contribution in [0.1, 0.15) is 10.5 Å². The van der Waals surface area contributed by atoms with Gasteiger partial charge in [0.15, 0.2) is 5.69 Å². The number of nitrogens with zero attached hydrogens (tertiary/aromatic N) is 3. The zero-order valence-corrected chi connectivity index (χ0v) is 9.22. The van der Waals surface area contributed by atoms with E-state index in [-0.39, 0.29) is 22.5 Å². The minimum absolute atomic E-state index is 0.0213. The lowest BCUT2D eigenvalue weighted by Gasteiger charge is -2.04. The minimum Gasteiger partial charge on any atom is -0.505 e. The van der Waals surface area contributed by atoms with Crippen LogP contribution in [-0.4, -0.2) is 26.0 Å². The number of rotatable bonds is 2.